The summed E-state index contributed by atoms with van der Waals surface area (Å²) in [5.74, 6) is -0.354. The van der Waals surface area contributed by atoms with Gasteiger partial charge in [0.1, 0.15) is 11.6 Å². The molecule has 1 heterocycles. The van der Waals surface area contributed by atoms with Crippen molar-refractivity contribution in [2.24, 2.45) is 11.7 Å². The lowest BCUT2D eigenvalue weighted by molar-refractivity contribution is -0.120. The zero-order chi connectivity index (χ0) is 19.3. The van der Waals surface area contributed by atoms with E-state index in [4.69, 9.17) is 14.9 Å². The van der Waals surface area contributed by atoms with Gasteiger partial charge in [-0.1, -0.05) is 25.6 Å². The number of primary amides is 1. The third kappa shape index (κ3) is 5.45. The number of halogens is 1. The van der Waals surface area contributed by atoms with E-state index in [1.807, 2.05) is 19.2 Å². The number of ether oxygens (including phenoxy) is 1. The number of carbonyl (C=O) groups is 2. The Morgan fingerprint density at radius 3 is 2.46 bits per heavy atom. The van der Waals surface area contributed by atoms with Gasteiger partial charge in [-0.05, 0) is 37.1 Å². The highest BCUT2D eigenvalue weighted by Gasteiger charge is 2.27. The van der Waals surface area contributed by atoms with E-state index in [1.54, 1.807) is 6.92 Å². The first-order chi connectivity index (χ1) is 12.3. The molecule has 8 nitrogen and oxygen atoms in total. The van der Waals surface area contributed by atoms with Gasteiger partial charge in [0.05, 0.1) is 5.25 Å². The first kappa shape index (κ1) is 19.7. The lowest BCUT2D eigenvalue weighted by atomic mass is 10.1. The van der Waals surface area contributed by atoms with Gasteiger partial charge < -0.3 is 14.9 Å². The lowest BCUT2D eigenvalue weighted by Gasteiger charge is -2.16. The highest BCUT2D eigenvalue weighted by atomic mass is 32.2. The number of hydrogen-bond donors (Lipinski definition) is 2. The van der Waals surface area contributed by atoms with Crippen LogP contribution in [0.4, 0.5) is 9.18 Å². The Morgan fingerprint density at radius 2 is 1.88 bits per heavy atom. The van der Waals surface area contributed by atoms with Crippen LogP contribution in [0.5, 0.6) is 5.75 Å². The number of aromatic nitrogens is 2. The van der Waals surface area contributed by atoms with Crippen molar-refractivity contribution in [2.45, 2.75) is 37.3 Å². The van der Waals surface area contributed by atoms with E-state index in [0.717, 1.165) is 11.8 Å². The number of rotatable bonds is 7. The largest absolute Gasteiger partial charge is 0.481 e. The lowest BCUT2D eigenvalue weighted by Crippen LogP contribution is -2.42. The molecule has 0 aliphatic rings. The third-order valence-electron chi connectivity index (χ3n) is 3.23. The summed E-state index contributed by atoms with van der Waals surface area (Å²) in [6, 6.07) is 4.61. The van der Waals surface area contributed by atoms with E-state index in [9.17, 15) is 14.0 Å². The maximum atomic E-state index is 12.9. The number of amides is 3. The SMILES string of the molecule is CC(C)[C@H](Sc1nnc([C@@H](C)Oc2ccc(F)cc2)o1)C(=O)NC(N)=O. The van der Waals surface area contributed by atoms with Crippen LogP contribution in [0, 0.1) is 11.7 Å². The summed E-state index contributed by atoms with van der Waals surface area (Å²) >= 11 is 1.03. The molecule has 2 atom stereocenters. The average Bonchev–Trinajstić information content (AvgIpc) is 3.02. The van der Waals surface area contributed by atoms with Crippen molar-refractivity contribution < 1.29 is 23.1 Å². The van der Waals surface area contributed by atoms with Gasteiger partial charge in [-0.3, -0.25) is 10.1 Å². The number of carbonyl (C=O) groups excluding carboxylic acids is 2. The van der Waals surface area contributed by atoms with Crippen molar-refractivity contribution in [3.63, 3.8) is 0 Å². The molecular weight excluding hydrogens is 363 g/mol. The number of thioether (sulfide) groups is 1. The van der Waals surface area contributed by atoms with Gasteiger partial charge in [-0.15, -0.1) is 10.2 Å². The molecular formula is C16H19FN4O4S. The molecule has 1 aromatic carbocycles. The fourth-order valence-electron chi connectivity index (χ4n) is 1.99. The number of hydrogen-bond acceptors (Lipinski definition) is 7. The summed E-state index contributed by atoms with van der Waals surface area (Å²) in [6.45, 7) is 5.33. The topological polar surface area (TPSA) is 120 Å². The molecule has 26 heavy (non-hydrogen) atoms. The van der Waals surface area contributed by atoms with E-state index in [-0.39, 0.29) is 22.8 Å². The molecule has 3 amide bonds. The van der Waals surface area contributed by atoms with Crippen molar-refractivity contribution in [2.75, 3.05) is 0 Å². The van der Waals surface area contributed by atoms with Gasteiger partial charge in [-0.25, -0.2) is 9.18 Å². The maximum absolute atomic E-state index is 12.9. The molecule has 2 rings (SSSR count). The molecule has 0 bridgehead atoms. The summed E-state index contributed by atoms with van der Waals surface area (Å²) in [5, 5.41) is 9.36. The summed E-state index contributed by atoms with van der Waals surface area (Å²) in [5.41, 5.74) is 4.98. The fraction of sp³-hybridized carbons (Fsp3) is 0.375. The van der Waals surface area contributed by atoms with Crippen molar-refractivity contribution in [1.82, 2.24) is 15.5 Å². The van der Waals surface area contributed by atoms with Crippen molar-refractivity contribution in [3.05, 3.63) is 36.0 Å². The summed E-state index contributed by atoms with van der Waals surface area (Å²) in [7, 11) is 0. The minimum absolute atomic E-state index is 0.109. The second kappa shape index (κ2) is 8.65. The molecule has 1 aromatic heterocycles. The van der Waals surface area contributed by atoms with Crippen molar-refractivity contribution in [3.8, 4) is 5.75 Å². The van der Waals surface area contributed by atoms with Gasteiger partial charge in [0, 0.05) is 0 Å². The molecule has 0 spiro atoms. The monoisotopic (exact) mass is 382 g/mol. The molecule has 0 saturated carbocycles. The minimum atomic E-state index is -0.922. The summed E-state index contributed by atoms with van der Waals surface area (Å²) < 4.78 is 24.1. The molecule has 2 aromatic rings. The van der Waals surface area contributed by atoms with E-state index >= 15 is 0 Å². The zero-order valence-corrected chi connectivity index (χ0v) is 15.2. The fourth-order valence-corrected chi connectivity index (χ4v) is 2.87. The van der Waals surface area contributed by atoms with E-state index in [2.05, 4.69) is 10.2 Å². The van der Waals surface area contributed by atoms with Crippen LogP contribution >= 0.6 is 11.8 Å². The number of imide groups is 1. The molecule has 3 N–H and O–H groups in total. The summed E-state index contributed by atoms with van der Waals surface area (Å²) in [4.78, 5) is 22.9. The number of nitrogens with zero attached hydrogens (tertiary/aromatic N) is 2. The quantitative estimate of drug-likeness (QED) is 0.706. The average molecular weight is 382 g/mol. The van der Waals surface area contributed by atoms with Gasteiger partial charge in [0.2, 0.25) is 5.91 Å². The highest BCUT2D eigenvalue weighted by Crippen LogP contribution is 2.29. The molecule has 140 valence electrons. The standard InChI is InChI=1S/C16H19FN4O4S/c1-8(2)12(13(22)19-15(18)23)26-16-21-20-14(25-16)9(3)24-11-6-4-10(17)5-7-11/h4-9,12H,1-3H3,(H3,18,19,22,23)/t9-,12+/m1/s1. The van der Waals surface area contributed by atoms with Gasteiger partial charge in [-0.2, -0.15) is 0 Å². The minimum Gasteiger partial charge on any atom is -0.481 e. The molecule has 0 saturated heterocycles. The van der Waals surface area contributed by atoms with Crippen LogP contribution in [-0.2, 0) is 4.79 Å². The van der Waals surface area contributed by atoms with Crippen LogP contribution in [-0.4, -0.2) is 27.4 Å². The number of nitrogens with one attached hydrogen (secondary N) is 1. The van der Waals surface area contributed by atoms with Crippen molar-refractivity contribution in [1.29, 1.82) is 0 Å². The predicted octanol–water partition coefficient (Wildman–Crippen LogP) is 2.66. The van der Waals surface area contributed by atoms with Crippen LogP contribution in [0.15, 0.2) is 33.9 Å². The first-order valence-corrected chi connectivity index (χ1v) is 8.66. The van der Waals surface area contributed by atoms with Crippen LogP contribution < -0.4 is 15.8 Å². The number of nitrogens with two attached hydrogens (primary N) is 1. The van der Waals surface area contributed by atoms with Crippen LogP contribution in [0.3, 0.4) is 0 Å². The first-order valence-electron chi connectivity index (χ1n) is 7.79. The molecule has 10 heteroatoms. The second-order valence-corrected chi connectivity index (χ2v) is 6.85. The van der Waals surface area contributed by atoms with Gasteiger partial charge >= 0.3 is 6.03 Å². The molecule has 0 unspecified atom stereocenters. The van der Waals surface area contributed by atoms with E-state index in [0.29, 0.717) is 5.75 Å². The Bertz CT molecular complexity index is 766. The second-order valence-electron chi connectivity index (χ2n) is 5.76. The smallest absolute Gasteiger partial charge is 0.318 e. The number of urea groups is 1. The molecule has 0 fully saturated rings. The summed E-state index contributed by atoms with van der Waals surface area (Å²) in [6.07, 6.45) is -0.570. The highest BCUT2D eigenvalue weighted by molar-refractivity contribution is 8.00. The Balaban J connectivity index is 2.03. The van der Waals surface area contributed by atoms with Gasteiger partial charge in [0.25, 0.3) is 11.1 Å². The third-order valence-corrected chi connectivity index (χ3v) is 4.61. The van der Waals surface area contributed by atoms with Crippen LogP contribution in [0.2, 0.25) is 0 Å². The van der Waals surface area contributed by atoms with Crippen LogP contribution in [0.1, 0.15) is 32.8 Å². The Hall–Kier alpha value is -2.62. The Kier molecular flexibility index (Phi) is 6.56. The van der Waals surface area contributed by atoms with Crippen LogP contribution in [0.25, 0.3) is 0 Å². The van der Waals surface area contributed by atoms with E-state index < -0.39 is 23.3 Å². The van der Waals surface area contributed by atoms with E-state index in [1.165, 1.54) is 24.3 Å². The Labute approximate surface area is 153 Å². The predicted molar refractivity (Wildman–Crippen MR) is 92.0 cm³/mol. The molecule has 0 radical (unpaired) electrons. The molecule has 0 aliphatic carbocycles. The van der Waals surface area contributed by atoms with Gasteiger partial charge in [0.15, 0.2) is 6.10 Å². The molecule has 0 aliphatic heterocycles. The zero-order valence-electron chi connectivity index (χ0n) is 14.4. The normalized spacial score (nSPS) is 13.3. The Morgan fingerprint density at radius 1 is 1.23 bits per heavy atom. The maximum Gasteiger partial charge on any atom is 0.318 e. The van der Waals surface area contributed by atoms with Crippen molar-refractivity contribution >= 4 is 23.7 Å². The number of benzene rings is 1.